The van der Waals surface area contributed by atoms with Gasteiger partial charge in [0.1, 0.15) is 11.4 Å². The van der Waals surface area contributed by atoms with Gasteiger partial charge in [0.15, 0.2) is 0 Å². The number of benzene rings is 5. The minimum atomic E-state index is -4.17. The molecule has 0 amide bonds. The molecule has 41 heavy (non-hydrogen) atoms. The molecular formula is C35H33IO4S. The van der Waals surface area contributed by atoms with Crippen molar-refractivity contribution < 1.29 is 17.7 Å². The van der Waals surface area contributed by atoms with Gasteiger partial charge in [-0.3, -0.25) is 4.55 Å². The van der Waals surface area contributed by atoms with E-state index in [0.717, 1.165) is 22.4 Å². The van der Waals surface area contributed by atoms with E-state index in [1.165, 1.54) is 26.8 Å². The van der Waals surface area contributed by atoms with Crippen LogP contribution in [-0.2, 0) is 10.1 Å². The molecule has 6 heteroatoms. The fourth-order valence-electron chi connectivity index (χ4n) is 4.45. The van der Waals surface area contributed by atoms with Crippen molar-refractivity contribution in [3.05, 3.63) is 154 Å². The molecule has 0 radical (unpaired) electrons. The smallest absolute Gasteiger partial charge is 0.294 e. The van der Waals surface area contributed by atoms with Crippen LogP contribution in [0.15, 0.2) is 138 Å². The molecule has 0 heterocycles. The fourth-order valence-corrected chi connectivity index (χ4v) is 5.63. The quantitative estimate of drug-likeness (QED) is 0.111. The van der Waals surface area contributed by atoms with Gasteiger partial charge in [0, 0.05) is 9.49 Å². The Bertz CT molecular complexity index is 1600. The van der Waals surface area contributed by atoms with Crippen molar-refractivity contribution >= 4 is 32.7 Å². The van der Waals surface area contributed by atoms with Crippen LogP contribution in [0, 0.1) is 3.57 Å². The van der Waals surface area contributed by atoms with Crippen LogP contribution in [-0.4, -0.2) is 18.6 Å². The zero-order chi connectivity index (χ0) is 29.5. The lowest BCUT2D eigenvalue weighted by Gasteiger charge is -2.21. The van der Waals surface area contributed by atoms with Crippen molar-refractivity contribution in [3.63, 3.8) is 0 Å². The van der Waals surface area contributed by atoms with Crippen molar-refractivity contribution in [2.24, 2.45) is 0 Å². The van der Waals surface area contributed by atoms with Crippen molar-refractivity contribution in [2.45, 2.75) is 37.2 Å². The van der Waals surface area contributed by atoms with Gasteiger partial charge in [-0.1, -0.05) is 103 Å². The van der Waals surface area contributed by atoms with E-state index in [1.54, 1.807) is 12.1 Å². The molecule has 0 atom stereocenters. The molecule has 0 saturated heterocycles. The van der Waals surface area contributed by atoms with Crippen LogP contribution >= 0.6 is 22.6 Å². The van der Waals surface area contributed by atoms with Crippen LogP contribution < -0.4 is 4.74 Å². The monoisotopic (exact) mass is 676 g/mol. The van der Waals surface area contributed by atoms with Gasteiger partial charge in [0.25, 0.3) is 10.1 Å². The largest absolute Gasteiger partial charge is 0.488 e. The van der Waals surface area contributed by atoms with E-state index in [1.807, 2.05) is 72.8 Å². The third-order valence-corrected chi connectivity index (χ3v) is 8.05. The molecule has 0 spiro atoms. The van der Waals surface area contributed by atoms with Gasteiger partial charge in [0.05, 0.1) is 4.90 Å². The van der Waals surface area contributed by atoms with Gasteiger partial charge >= 0.3 is 0 Å². The van der Waals surface area contributed by atoms with Crippen LogP contribution in [0.2, 0.25) is 0 Å². The van der Waals surface area contributed by atoms with Crippen molar-refractivity contribution in [3.8, 4) is 16.9 Å². The van der Waals surface area contributed by atoms with Gasteiger partial charge in [-0.15, -0.1) is 0 Å². The molecule has 5 aromatic rings. The lowest BCUT2D eigenvalue weighted by Crippen LogP contribution is -2.22. The SMILES string of the molecule is CC(C)(C)Oc1ccc(-c2ccccc2I)cc1.O=S(=O)(O)c1ccc(C(c2ccccc2)c2ccccc2)cc1. The first-order valence-corrected chi connectivity index (χ1v) is 15.7. The van der Waals surface area contributed by atoms with Crippen LogP contribution in [0.5, 0.6) is 5.75 Å². The minimum Gasteiger partial charge on any atom is -0.488 e. The second-order valence-electron chi connectivity index (χ2n) is 10.5. The van der Waals surface area contributed by atoms with Crippen molar-refractivity contribution in [2.75, 3.05) is 0 Å². The maximum atomic E-state index is 11.2. The molecule has 0 bridgehead atoms. The third kappa shape index (κ3) is 8.76. The summed E-state index contributed by atoms with van der Waals surface area (Å²) in [6, 6.07) is 43.1. The Morgan fingerprint density at radius 2 is 1.10 bits per heavy atom. The summed E-state index contributed by atoms with van der Waals surface area (Å²) in [6.07, 6.45) is 0. The van der Waals surface area contributed by atoms with Gasteiger partial charge in [-0.25, -0.2) is 0 Å². The predicted octanol–water partition coefficient (Wildman–Crippen LogP) is 9.25. The van der Waals surface area contributed by atoms with E-state index in [-0.39, 0.29) is 16.4 Å². The average molecular weight is 677 g/mol. The highest BCUT2D eigenvalue weighted by molar-refractivity contribution is 14.1. The fraction of sp³-hybridized carbons (Fsp3) is 0.143. The molecular weight excluding hydrogens is 643 g/mol. The van der Waals surface area contributed by atoms with Crippen LogP contribution in [0.25, 0.3) is 11.1 Å². The number of halogens is 1. The molecule has 0 aliphatic rings. The molecule has 0 aliphatic carbocycles. The molecule has 5 rings (SSSR count). The molecule has 210 valence electrons. The maximum absolute atomic E-state index is 11.2. The Labute approximate surface area is 256 Å². The standard InChI is InChI=1S/C19H16O3S.C16H17IO/c20-23(21,22)18-13-11-17(12-14-18)19(15-7-3-1-4-8-15)16-9-5-2-6-10-16;1-16(2,3)18-13-10-8-12(9-11-13)14-6-4-5-7-15(14)17/h1-14,19H,(H,20,21,22);4-11H,1-3H3. The van der Waals surface area contributed by atoms with Gasteiger partial charge < -0.3 is 4.74 Å². The second-order valence-corrected chi connectivity index (χ2v) is 13.1. The molecule has 0 aliphatic heterocycles. The van der Waals surface area contributed by atoms with E-state index in [9.17, 15) is 8.42 Å². The highest BCUT2D eigenvalue weighted by Crippen LogP contribution is 2.32. The summed E-state index contributed by atoms with van der Waals surface area (Å²) in [4.78, 5) is -0.0962. The van der Waals surface area contributed by atoms with E-state index >= 15 is 0 Å². The minimum absolute atomic E-state index is 0.00727. The van der Waals surface area contributed by atoms with Crippen molar-refractivity contribution in [1.29, 1.82) is 0 Å². The topological polar surface area (TPSA) is 63.6 Å². The first kappa shape index (κ1) is 30.5. The van der Waals surface area contributed by atoms with Gasteiger partial charge in [-0.05, 0) is 102 Å². The third-order valence-electron chi connectivity index (χ3n) is 6.24. The van der Waals surface area contributed by atoms with Crippen LogP contribution in [0.1, 0.15) is 43.4 Å². The summed E-state index contributed by atoms with van der Waals surface area (Å²) in [5, 5.41) is 0. The molecule has 0 saturated carbocycles. The molecule has 5 aromatic carbocycles. The first-order chi connectivity index (χ1) is 19.5. The maximum Gasteiger partial charge on any atom is 0.294 e. The summed E-state index contributed by atoms with van der Waals surface area (Å²) in [5.41, 5.74) is 5.55. The van der Waals surface area contributed by atoms with Crippen molar-refractivity contribution in [1.82, 2.24) is 0 Å². The van der Waals surface area contributed by atoms with Gasteiger partial charge in [-0.2, -0.15) is 8.42 Å². The second kappa shape index (κ2) is 13.5. The summed E-state index contributed by atoms with van der Waals surface area (Å²) >= 11 is 2.36. The summed E-state index contributed by atoms with van der Waals surface area (Å²) in [5.74, 6) is 0.921. The Morgan fingerprint density at radius 3 is 1.56 bits per heavy atom. The van der Waals surface area contributed by atoms with E-state index < -0.39 is 10.1 Å². The highest BCUT2D eigenvalue weighted by atomic mass is 127. The molecule has 1 N–H and O–H groups in total. The first-order valence-electron chi connectivity index (χ1n) is 13.2. The number of rotatable bonds is 6. The average Bonchev–Trinajstić information content (AvgIpc) is 2.95. The summed E-state index contributed by atoms with van der Waals surface area (Å²) in [7, 11) is -4.17. The Hall–Kier alpha value is -3.46. The van der Waals surface area contributed by atoms with E-state index in [0.29, 0.717) is 0 Å². The Balaban J connectivity index is 0.000000195. The van der Waals surface area contributed by atoms with E-state index in [2.05, 4.69) is 79.8 Å². The lowest BCUT2D eigenvalue weighted by molar-refractivity contribution is 0.131. The van der Waals surface area contributed by atoms with E-state index in [4.69, 9.17) is 9.29 Å². The van der Waals surface area contributed by atoms with Gasteiger partial charge in [0.2, 0.25) is 0 Å². The zero-order valence-corrected chi connectivity index (χ0v) is 26.2. The lowest BCUT2D eigenvalue weighted by atomic mass is 9.85. The number of ether oxygens (including phenoxy) is 1. The summed E-state index contributed by atoms with van der Waals surface area (Å²) in [6.45, 7) is 6.17. The molecule has 0 unspecified atom stereocenters. The zero-order valence-electron chi connectivity index (χ0n) is 23.2. The van der Waals surface area contributed by atoms with Crippen LogP contribution in [0.4, 0.5) is 0 Å². The number of hydrogen-bond acceptors (Lipinski definition) is 3. The Kier molecular flexibility index (Phi) is 10.0. The van der Waals surface area contributed by atoms with Crippen LogP contribution in [0.3, 0.4) is 0 Å². The summed E-state index contributed by atoms with van der Waals surface area (Å²) < 4.78 is 38.6. The Morgan fingerprint density at radius 1 is 0.634 bits per heavy atom. The predicted molar refractivity (Wildman–Crippen MR) is 175 cm³/mol. The number of hydrogen-bond donors (Lipinski definition) is 1. The normalized spacial score (nSPS) is 11.5. The molecule has 0 aromatic heterocycles. The highest BCUT2D eigenvalue weighted by Gasteiger charge is 2.18. The molecule has 4 nitrogen and oxygen atoms in total. The molecule has 0 fully saturated rings.